The molecule has 0 spiro atoms. The Hall–Kier alpha value is -2.95. The SMILES string of the molecule is CN(CCCN=[N+]=[N-])S(=O)(=O)c1cccc2c1CN(C1CCC(=O)NC1=O)C2=O. The molecule has 0 aromatic heterocycles. The molecule has 0 bridgehead atoms. The number of sulfonamides is 1. The number of benzene rings is 1. The van der Waals surface area contributed by atoms with Crippen molar-refractivity contribution >= 4 is 27.7 Å². The van der Waals surface area contributed by atoms with Crippen LogP contribution in [0.15, 0.2) is 28.2 Å². The van der Waals surface area contributed by atoms with Crippen LogP contribution in [0.5, 0.6) is 0 Å². The van der Waals surface area contributed by atoms with Crippen LogP contribution in [0.25, 0.3) is 10.4 Å². The summed E-state index contributed by atoms with van der Waals surface area (Å²) in [6, 6.07) is 3.64. The monoisotopic (exact) mass is 420 g/mol. The molecule has 1 aromatic carbocycles. The fraction of sp³-hybridized carbons (Fsp3) is 0.471. The molecule has 1 saturated heterocycles. The molecule has 2 heterocycles. The fourth-order valence-electron chi connectivity index (χ4n) is 3.50. The molecule has 0 aliphatic carbocycles. The van der Waals surface area contributed by atoms with E-state index in [0.717, 1.165) is 4.31 Å². The van der Waals surface area contributed by atoms with Crippen molar-refractivity contribution in [3.05, 3.63) is 39.8 Å². The van der Waals surface area contributed by atoms with Crippen molar-refractivity contribution in [2.24, 2.45) is 5.11 Å². The van der Waals surface area contributed by atoms with E-state index in [1.807, 2.05) is 0 Å². The molecule has 1 aromatic rings. The molecular formula is C17H20N6O5S. The highest BCUT2D eigenvalue weighted by atomic mass is 32.2. The minimum Gasteiger partial charge on any atom is -0.322 e. The average molecular weight is 420 g/mol. The second-order valence-electron chi connectivity index (χ2n) is 6.82. The van der Waals surface area contributed by atoms with Crippen molar-refractivity contribution < 1.29 is 22.8 Å². The lowest BCUT2D eigenvalue weighted by molar-refractivity contribution is -0.136. The highest BCUT2D eigenvalue weighted by Crippen LogP contribution is 2.32. The molecule has 12 heteroatoms. The molecule has 1 atom stereocenters. The number of hydrogen-bond acceptors (Lipinski definition) is 6. The van der Waals surface area contributed by atoms with Gasteiger partial charge in [-0.3, -0.25) is 19.7 Å². The van der Waals surface area contributed by atoms with E-state index < -0.39 is 27.9 Å². The van der Waals surface area contributed by atoms with Crippen LogP contribution in [0, 0.1) is 0 Å². The standard InChI is InChI=1S/C17H20N6O5S/c1-22(9-3-8-19-21-18)29(27,28)14-5-2-4-11-12(14)10-23(17(11)26)13-6-7-15(24)20-16(13)25/h2,4-5,13H,3,6-10H2,1H3,(H,20,24,25). The third kappa shape index (κ3) is 3.95. The Kier molecular flexibility index (Phi) is 5.87. The van der Waals surface area contributed by atoms with Crippen LogP contribution in [-0.2, 0) is 26.2 Å². The summed E-state index contributed by atoms with van der Waals surface area (Å²) in [7, 11) is -2.47. The van der Waals surface area contributed by atoms with Crippen molar-refractivity contribution in [2.45, 2.75) is 36.7 Å². The zero-order valence-electron chi connectivity index (χ0n) is 15.7. The predicted molar refractivity (Wildman–Crippen MR) is 101 cm³/mol. The van der Waals surface area contributed by atoms with Gasteiger partial charge in [0.05, 0.1) is 4.90 Å². The van der Waals surface area contributed by atoms with Gasteiger partial charge >= 0.3 is 0 Å². The summed E-state index contributed by atoms with van der Waals surface area (Å²) in [4.78, 5) is 40.3. The number of imide groups is 1. The smallest absolute Gasteiger partial charge is 0.255 e. The van der Waals surface area contributed by atoms with Crippen LogP contribution < -0.4 is 5.32 Å². The molecule has 2 aliphatic rings. The molecular weight excluding hydrogens is 400 g/mol. The average Bonchev–Trinajstić information content (AvgIpc) is 3.01. The Morgan fingerprint density at radius 1 is 1.34 bits per heavy atom. The molecule has 1 unspecified atom stereocenters. The third-order valence-electron chi connectivity index (χ3n) is 5.02. The first-order valence-electron chi connectivity index (χ1n) is 9.01. The number of fused-ring (bicyclic) bond motifs is 1. The number of piperidine rings is 1. The number of carbonyl (C=O) groups is 3. The summed E-state index contributed by atoms with van der Waals surface area (Å²) in [6.45, 7) is 0.295. The number of amides is 3. The summed E-state index contributed by atoms with van der Waals surface area (Å²) in [5, 5.41) is 5.60. The minimum absolute atomic E-state index is 0.00410. The fourth-order valence-corrected chi connectivity index (χ4v) is 4.94. The first-order chi connectivity index (χ1) is 13.8. The number of nitrogens with zero attached hydrogens (tertiary/aromatic N) is 5. The van der Waals surface area contributed by atoms with Crippen molar-refractivity contribution in [2.75, 3.05) is 20.1 Å². The van der Waals surface area contributed by atoms with E-state index in [9.17, 15) is 22.8 Å². The molecule has 29 heavy (non-hydrogen) atoms. The quantitative estimate of drug-likeness (QED) is 0.227. The molecule has 0 saturated carbocycles. The zero-order valence-corrected chi connectivity index (χ0v) is 16.6. The van der Waals surface area contributed by atoms with Crippen molar-refractivity contribution in [3.8, 4) is 0 Å². The Bertz CT molecular complexity index is 1020. The van der Waals surface area contributed by atoms with Crippen LogP contribution in [-0.4, -0.2) is 61.5 Å². The van der Waals surface area contributed by atoms with Gasteiger partial charge in [-0.05, 0) is 30.5 Å². The van der Waals surface area contributed by atoms with E-state index >= 15 is 0 Å². The lowest BCUT2D eigenvalue weighted by atomic mass is 10.0. The number of azide groups is 1. The van der Waals surface area contributed by atoms with Gasteiger partial charge in [-0.2, -0.15) is 0 Å². The van der Waals surface area contributed by atoms with Gasteiger partial charge in [0, 0.05) is 49.1 Å². The number of hydrogen-bond donors (Lipinski definition) is 1. The van der Waals surface area contributed by atoms with Gasteiger partial charge in [0.25, 0.3) is 5.91 Å². The molecule has 154 valence electrons. The van der Waals surface area contributed by atoms with Crippen LogP contribution in [0.3, 0.4) is 0 Å². The van der Waals surface area contributed by atoms with E-state index in [-0.39, 0.29) is 48.8 Å². The summed E-state index contributed by atoms with van der Waals surface area (Å²) in [5.74, 6) is -1.37. The first kappa shape index (κ1) is 20.8. The maximum atomic E-state index is 13.0. The molecule has 1 N–H and O–H groups in total. The van der Waals surface area contributed by atoms with E-state index in [1.165, 1.54) is 30.1 Å². The topological polar surface area (TPSA) is 153 Å². The molecule has 3 amide bonds. The van der Waals surface area contributed by atoms with Gasteiger partial charge in [-0.15, -0.1) is 0 Å². The molecule has 1 fully saturated rings. The molecule has 11 nitrogen and oxygen atoms in total. The van der Waals surface area contributed by atoms with Crippen LogP contribution in [0.1, 0.15) is 35.2 Å². The van der Waals surface area contributed by atoms with E-state index in [0.29, 0.717) is 12.0 Å². The molecule has 2 aliphatic heterocycles. The lowest BCUT2D eigenvalue weighted by Crippen LogP contribution is -2.52. The van der Waals surface area contributed by atoms with Crippen LogP contribution in [0.2, 0.25) is 0 Å². The maximum absolute atomic E-state index is 13.0. The van der Waals surface area contributed by atoms with Gasteiger partial charge in [0.1, 0.15) is 6.04 Å². The van der Waals surface area contributed by atoms with E-state index in [2.05, 4.69) is 15.3 Å². The largest absolute Gasteiger partial charge is 0.322 e. The summed E-state index contributed by atoms with van der Waals surface area (Å²) in [6.07, 6.45) is 0.678. The number of carbonyl (C=O) groups excluding carboxylic acids is 3. The first-order valence-corrected chi connectivity index (χ1v) is 10.4. The normalized spacial score (nSPS) is 19.2. The highest BCUT2D eigenvalue weighted by Gasteiger charge is 2.41. The van der Waals surface area contributed by atoms with Gasteiger partial charge in [-0.25, -0.2) is 12.7 Å². The summed E-state index contributed by atoms with van der Waals surface area (Å²) >= 11 is 0. The Morgan fingerprint density at radius 3 is 2.79 bits per heavy atom. The molecule has 3 rings (SSSR count). The zero-order chi connectivity index (χ0) is 21.2. The summed E-state index contributed by atoms with van der Waals surface area (Å²) < 4.78 is 27.2. The number of rotatable bonds is 7. The van der Waals surface area contributed by atoms with Gasteiger partial charge in [-0.1, -0.05) is 11.2 Å². The Morgan fingerprint density at radius 2 is 2.10 bits per heavy atom. The third-order valence-corrected chi connectivity index (χ3v) is 6.96. The molecule has 0 radical (unpaired) electrons. The second-order valence-corrected chi connectivity index (χ2v) is 8.83. The van der Waals surface area contributed by atoms with Crippen LogP contribution >= 0.6 is 0 Å². The second kappa shape index (κ2) is 8.19. The van der Waals surface area contributed by atoms with Crippen molar-refractivity contribution in [1.82, 2.24) is 14.5 Å². The summed E-state index contributed by atoms with van der Waals surface area (Å²) in [5.41, 5.74) is 8.88. The van der Waals surface area contributed by atoms with Gasteiger partial charge in [0.2, 0.25) is 21.8 Å². The Balaban J connectivity index is 1.86. The number of nitrogens with one attached hydrogen (secondary N) is 1. The lowest BCUT2D eigenvalue weighted by Gasteiger charge is -2.29. The van der Waals surface area contributed by atoms with Gasteiger partial charge in [0.15, 0.2) is 0 Å². The van der Waals surface area contributed by atoms with Crippen molar-refractivity contribution in [1.29, 1.82) is 0 Å². The Labute approximate surface area is 167 Å². The predicted octanol–water partition coefficient (Wildman–Crippen LogP) is 0.768. The van der Waals surface area contributed by atoms with Crippen molar-refractivity contribution in [3.63, 3.8) is 0 Å². The van der Waals surface area contributed by atoms with E-state index in [1.54, 1.807) is 0 Å². The van der Waals surface area contributed by atoms with E-state index in [4.69, 9.17) is 5.53 Å². The van der Waals surface area contributed by atoms with Gasteiger partial charge < -0.3 is 4.90 Å². The highest BCUT2D eigenvalue weighted by molar-refractivity contribution is 7.89. The minimum atomic E-state index is -3.89. The maximum Gasteiger partial charge on any atom is 0.255 e. The van der Waals surface area contributed by atoms with Crippen LogP contribution in [0.4, 0.5) is 0 Å².